The van der Waals surface area contributed by atoms with Gasteiger partial charge in [-0.15, -0.1) is 0 Å². The van der Waals surface area contributed by atoms with Crippen molar-refractivity contribution in [1.82, 2.24) is 10.3 Å². The van der Waals surface area contributed by atoms with E-state index in [1.54, 1.807) is 6.92 Å². The fraction of sp³-hybridized carbons (Fsp3) is 0.250. The van der Waals surface area contributed by atoms with Crippen molar-refractivity contribution in [2.75, 3.05) is 0 Å². The van der Waals surface area contributed by atoms with Crippen LogP contribution in [-0.4, -0.2) is 10.9 Å². The van der Waals surface area contributed by atoms with E-state index < -0.39 is 0 Å². The van der Waals surface area contributed by atoms with Crippen molar-refractivity contribution in [2.24, 2.45) is 0 Å². The van der Waals surface area contributed by atoms with E-state index in [9.17, 15) is 4.79 Å². The molecule has 0 saturated heterocycles. The van der Waals surface area contributed by atoms with Gasteiger partial charge in [-0.05, 0) is 19.1 Å². The summed E-state index contributed by atoms with van der Waals surface area (Å²) in [5, 5.41) is 3.81. The smallest absolute Gasteiger partial charge is 0.289 e. The van der Waals surface area contributed by atoms with Crippen LogP contribution >= 0.6 is 0 Å². The number of carbonyl (C=O) groups excluding carboxylic acids is 1. The van der Waals surface area contributed by atoms with Gasteiger partial charge in [-0.25, -0.2) is 4.98 Å². The zero-order valence-electron chi connectivity index (χ0n) is 12.0. The maximum absolute atomic E-state index is 12.1. The zero-order chi connectivity index (χ0) is 14.8. The van der Waals surface area contributed by atoms with Crippen molar-refractivity contribution in [2.45, 2.75) is 26.8 Å². The van der Waals surface area contributed by atoms with Crippen LogP contribution < -0.4 is 5.32 Å². The molecule has 3 aromatic rings. The third kappa shape index (κ3) is 2.67. The highest BCUT2D eigenvalue weighted by Gasteiger charge is 2.16. The first kappa shape index (κ1) is 13.4. The van der Waals surface area contributed by atoms with Crippen LogP contribution in [0.4, 0.5) is 0 Å². The molecule has 1 aromatic carbocycles. The molecule has 0 bridgehead atoms. The first-order chi connectivity index (χ1) is 10.2. The Labute approximate surface area is 122 Å². The number of hydrogen-bond acceptors (Lipinski definition) is 4. The summed E-state index contributed by atoms with van der Waals surface area (Å²) in [5.41, 5.74) is 1.42. The molecule has 0 fully saturated rings. The highest BCUT2D eigenvalue weighted by Crippen LogP contribution is 2.18. The molecule has 5 heteroatoms. The molecule has 0 saturated carbocycles. The lowest BCUT2D eigenvalue weighted by molar-refractivity contribution is 0.0918. The van der Waals surface area contributed by atoms with E-state index >= 15 is 0 Å². The summed E-state index contributed by atoms with van der Waals surface area (Å²) in [6.45, 7) is 4.01. The van der Waals surface area contributed by atoms with E-state index in [0.717, 1.165) is 11.0 Å². The lowest BCUT2D eigenvalue weighted by Gasteiger charge is -2.00. The van der Waals surface area contributed by atoms with Crippen molar-refractivity contribution in [3.05, 3.63) is 53.4 Å². The van der Waals surface area contributed by atoms with Crippen molar-refractivity contribution in [1.29, 1.82) is 0 Å². The van der Waals surface area contributed by atoms with Gasteiger partial charge < -0.3 is 14.2 Å². The van der Waals surface area contributed by atoms with Gasteiger partial charge in [-0.3, -0.25) is 4.79 Å². The zero-order valence-corrected chi connectivity index (χ0v) is 12.0. The molecule has 0 aliphatic carbocycles. The maximum Gasteiger partial charge on any atom is 0.289 e. The van der Waals surface area contributed by atoms with Crippen molar-refractivity contribution in [3.63, 3.8) is 0 Å². The van der Waals surface area contributed by atoms with Crippen molar-refractivity contribution < 1.29 is 13.6 Å². The Bertz CT molecular complexity index is 753. The van der Waals surface area contributed by atoms with E-state index in [-0.39, 0.29) is 11.7 Å². The Morgan fingerprint density at radius 1 is 1.29 bits per heavy atom. The second-order valence-corrected chi connectivity index (χ2v) is 4.81. The summed E-state index contributed by atoms with van der Waals surface area (Å²) in [6, 6.07) is 9.65. The lowest BCUT2D eigenvalue weighted by atomic mass is 10.2. The number of fused-ring (bicyclic) bond motifs is 1. The molecule has 1 N–H and O–H groups in total. The molecule has 21 heavy (non-hydrogen) atoms. The van der Waals surface area contributed by atoms with E-state index in [4.69, 9.17) is 8.83 Å². The molecule has 108 valence electrons. The molecule has 3 rings (SSSR count). The standard InChI is InChI=1S/C16H16N2O3/c1-3-14-18-10(2)15(21-14)16(19)17-9-12-8-11-6-4-5-7-13(11)20-12/h4-8H,3,9H2,1-2H3,(H,17,19). The van der Waals surface area contributed by atoms with Gasteiger partial charge >= 0.3 is 0 Å². The first-order valence-corrected chi connectivity index (χ1v) is 6.89. The Hall–Kier alpha value is -2.56. The van der Waals surface area contributed by atoms with Gasteiger partial charge in [0.15, 0.2) is 5.89 Å². The number of benzene rings is 1. The normalized spacial score (nSPS) is 11.0. The van der Waals surface area contributed by atoms with Gasteiger partial charge in [-0.2, -0.15) is 0 Å². The molecule has 0 aliphatic heterocycles. The van der Waals surface area contributed by atoms with E-state index in [2.05, 4.69) is 10.3 Å². The molecule has 0 atom stereocenters. The number of nitrogens with one attached hydrogen (secondary N) is 1. The SMILES string of the molecule is CCc1nc(C)c(C(=O)NCc2cc3ccccc3o2)o1. The fourth-order valence-corrected chi connectivity index (χ4v) is 2.19. The number of nitrogens with zero attached hydrogens (tertiary/aromatic N) is 1. The minimum absolute atomic E-state index is 0.267. The van der Waals surface area contributed by atoms with Crippen LogP contribution in [0.3, 0.4) is 0 Å². The number of furan rings is 1. The Morgan fingerprint density at radius 3 is 2.81 bits per heavy atom. The second-order valence-electron chi connectivity index (χ2n) is 4.81. The number of amides is 1. The van der Waals surface area contributed by atoms with Crippen LogP contribution in [0.25, 0.3) is 11.0 Å². The molecule has 5 nitrogen and oxygen atoms in total. The topological polar surface area (TPSA) is 68.3 Å². The third-order valence-electron chi connectivity index (χ3n) is 3.25. The van der Waals surface area contributed by atoms with Crippen LogP contribution in [-0.2, 0) is 13.0 Å². The fourth-order valence-electron chi connectivity index (χ4n) is 2.19. The minimum Gasteiger partial charge on any atom is -0.459 e. The van der Waals surface area contributed by atoms with Gasteiger partial charge in [0, 0.05) is 11.8 Å². The summed E-state index contributed by atoms with van der Waals surface area (Å²) in [5.74, 6) is 1.27. The van der Waals surface area contributed by atoms with Crippen molar-refractivity contribution >= 4 is 16.9 Å². The summed E-state index contributed by atoms with van der Waals surface area (Å²) >= 11 is 0. The summed E-state index contributed by atoms with van der Waals surface area (Å²) < 4.78 is 11.1. The molecule has 0 radical (unpaired) electrons. The number of aryl methyl sites for hydroxylation is 2. The second kappa shape index (κ2) is 5.44. The first-order valence-electron chi connectivity index (χ1n) is 6.89. The number of oxazole rings is 1. The lowest BCUT2D eigenvalue weighted by Crippen LogP contribution is -2.22. The van der Waals surface area contributed by atoms with Crippen LogP contribution in [0.1, 0.15) is 34.8 Å². The highest BCUT2D eigenvalue weighted by molar-refractivity contribution is 5.92. The monoisotopic (exact) mass is 284 g/mol. The van der Waals surface area contributed by atoms with E-state index in [1.165, 1.54) is 0 Å². The van der Waals surface area contributed by atoms with Crippen molar-refractivity contribution in [3.8, 4) is 0 Å². The van der Waals surface area contributed by atoms with E-state index in [0.29, 0.717) is 30.3 Å². The average molecular weight is 284 g/mol. The molecule has 2 heterocycles. The molecule has 1 amide bonds. The van der Waals surface area contributed by atoms with Crippen LogP contribution in [0.5, 0.6) is 0 Å². The third-order valence-corrected chi connectivity index (χ3v) is 3.25. The number of aromatic nitrogens is 1. The predicted molar refractivity (Wildman–Crippen MR) is 78.0 cm³/mol. The molecule has 0 aliphatic rings. The quantitative estimate of drug-likeness (QED) is 0.798. The average Bonchev–Trinajstić information content (AvgIpc) is 3.07. The Kier molecular flexibility index (Phi) is 3.48. The number of carbonyl (C=O) groups is 1. The van der Waals surface area contributed by atoms with Crippen LogP contribution in [0, 0.1) is 6.92 Å². The van der Waals surface area contributed by atoms with E-state index in [1.807, 2.05) is 37.3 Å². The van der Waals surface area contributed by atoms with Gasteiger partial charge in [-0.1, -0.05) is 25.1 Å². The van der Waals surface area contributed by atoms with Crippen LogP contribution in [0.2, 0.25) is 0 Å². The van der Waals surface area contributed by atoms with Gasteiger partial charge in [0.1, 0.15) is 11.3 Å². The van der Waals surface area contributed by atoms with Gasteiger partial charge in [0.05, 0.1) is 12.2 Å². The predicted octanol–water partition coefficient (Wildman–Crippen LogP) is 3.22. The molecular formula is C16H16N2O3. The summed E-state index contributed by atoms with van der Waals surface area (Å²) in [6.07, 6.45) is 0.664. The Morgan fingerprint density at radius 2 is 2.10 bits per heavy atom. The van der Waals surface area contributed by atoms with Gasteiger partial charge in [0.2, 0.25) is 5.76 Å². The molecule has 0 unspecified atom stereocenters. The minimum atomic E-state index is -0.278. The molecular weight excluding hydrogens is 268 g/mol. The van der Waals surface area contributed by atoms with Gasteiger partial charge in [0.25, 0.3) is 5.91 Å². The Balaban J connectivity index is 1.71. The number of para-hydroxylation sites is 1. The maximum atomic E-state index is 12.1. The largest absolute Gasteiger partial charge is 0.459 e. The molecule has 2 aromatic heterocycles. The number of hydrogen-bond donors (Lipinski definition) is 1. The number of rotatable bonds is 4. The highest BCUT2D eigenvalue weighted by atomic mass is 16.4. The summed E-state index contributed by atoms with van der Waals surface area (Å²) in [4.78, 5) is 16.3. The van der Waals surface area contributed by atoms with Crippen LogP contribution in [0.15, 0.2) is 39.2 Å². The molecule has 0 spiro atoms. The summed E-state index contributed by atoms with van der Waals surface area (Å²) in [7, 11) is 0.